The molecule has 0 spiro atoms. The molecule has 2 amide bonds. The number of likely N-dealkylation sites (tertiary alicyclic amines) is 1. The number of rotatable bonds is 6. The van der Waals surface area contributed by atoms with E-state index in [9.17, 15) is 9.59 Å². The zero-order valence-electron chi connectivity index (χ0n) is 18.7. The number of nitrogens with one attached hydrogen (secondary N) is 1. The van der Waals surface area contributed by atoms with E-state index in [1.165, 1.54) is 21.6 Å². The lowest BCUT2D eigenvalue weighted by Crippen LogP contribution is -2.28. The number of anilines is 1. The highest BCUT2D eigenvalue weighted by Gasteiger charge is 2.34. The Morgan fingerprint density at radius 2 is 1.66 bits per heavy atom. The molecule has 1 atom stereocenters. The maximum absolute atomic E-state index is 12.8. The normalized spacial score (nSPS) is 15.8. The summed E-state index contributed by atoms with van der Waals surface area (Å²) in [5.74, 6) is -0.386. The van der Waals surface area contributed by atoms with Crippen LogP contribution in [0.3, 0.4) is 0 Å². The van der Waals surface area contributed by atoms with Gasteiger partial charge in [0.1, 0.15) is 0 Å². The Hall–Kier alpha value is -3.05. The molecule has 0 aromatic heterocycles. The summed E-state index contributed by atoms with van der Waals surface area (Å²) in [5, 5.41) is 2.98. The van der Waals surface area contributed by atoms with Crippen molar-refractivity contribution in [2.24, 2.45) is 5.92 Å². The number of benzene rings is 3. The third kappa shape index (κ3) is 5.40. The zero-order valence-corrected chi connectivity index (χ0v) is 19.5. The number of hydrogen-bond acceptors (Lipinski definition) is 3. The van der Waals surface area contributed by atoms with E-state index >= 15 is 0 Å². The molecule has 0 aliphatic carbocycles. The van der Waals surface area contributed by atoms with E-state index < -0.39 is 0 Å². The highest BCUT2D eigenvalue weighted by Crippen LogP contribution is 2.31. The van der Waals surface area contributed by atoms with E-state index in [-0.39, 0.29) is 24.2 Å². The Labute approximate surface area is 194 Å². The minimum atomic E-state index is -0.322. The van der Waals surface area contributed by atoms with Crippen molar-refractivity contribution in [2.45, 2.75) is 43.5 Å². The summed E-state index contributed by atoms with van der Waals surface area (Å²) in [4.78, 5) is 29.3. The van der Waals surface area contributed by atoms with Gasteiger partial charge in [0, 0.05) is 35.0 Å². The van der Waals surface area contributed by atoms with Crippen LogP contribution in [0.1, 0.15) is 28.7 Å². The first kappa shape index (κ1) is 22.2. The third-order valence-electron chi connectivity index (χ3n) is 5.76. The van der Waals surface area contributed by atoms with E-state index in [1.807, 2.05) is 55.5 Å². The molecule has 1 aliphatic rings. The van der Waals surface area contributed by atoms with Gasteiger partial charge in [0.2, 0.25) is 11.8 Å². The van der Waals surface area contributed by atoms with Gasteiger partial charge in [-0.15, -0.1) is 0 Å². The van der Waals surface area contributed by atoms with Gasteiger partial charge in [-0.2, -0.15) is 0 Å². The van der Waals surface area contributed by atoms with Gasteiger partial charge < -0.3 is 10.2 Å². The Morgan fingerprint density at radius 1 is 0.969 bits per heavy atom. The molecule has 3 aromatic rings. The van der Waals surface area contributed by atoms with Crippen LogP contribution in [0.4, 0.5) is 5.69 Å². The number of amides is 2. The molecule has 0 bridgehead atoms. The Balaban J connectivity index is 1.33. The second-order valence-electron chi connectivity index (χ2n) is 8.55. The van der Waals surface area contributed by atoms with Crippen LogP contribution >= 0.6 is 11.8 Å². The quantitative estimate of drug-likeness (QED) is 0.527. The molecule has 1 saturated heterocycles. The molecule has 1 aliphatic heterocycles. The monoisotopic (exact) mass is 444 g/mol. The standard InChI is InChI=1S/C27H28N2O2S/c1-18-4-7-21(8-5-18)16-29-17-22(15-26(29)30)27(31)28-23-9-11-24(12-10-23)32-25-13-6-19(2)14-20(25)3/h4-14,22H,15-17H2,1-3H3,(H,28,31)/t22-/m1/s1. The lowest BCUT2D eigenvalue weighted by atomic mass is 10.1. The van der Waals surface area contributed by atoms with Gasteiger partial charge in [0.05, 0.1) is 5.92 Å². The number of nitrogens with zero attached hydrogens (tertiary/aromatic N) is 1. The third-order valence-corrected chi connectivity index (χ3v) is 6.95. The van der Waals surface area contributed by atoms with E-state index in [0.717, 1.165) is 16.1 Å². The summed E-state index contributed by atoms with van der Waals surface area (Å²) >= 11 is 1.71. The van der Waals surface area contributed by atoms with Crippen LogP contribution in [0.2, 0.25) is 0 Å². The topological polar surface area (TPSA) is 49.4 Å². The molecule has 5 heteroatoms. The lowest BCUT2D eigenvalue weighted by Gasteiger charge is -2.17. The Kier molecular flexibility index (Phi) is 6.66. The summed E-state index contributed by atoms with van der Waals surface area (Å²) in [5.41, 5.74) is 5.55. The van der Waals surface area contributed by atoms with Crippen molar-refractivity contribution in [3.63, 3.8) is 0 Å². The maximum atomic E-state index is 12.8. The average Bonchev–Trinajstić information content (AvgIpc) is 3.13. The number of hydrogen-bond donors (Lipinski definition) is 1. The van der Waals surface area contributed by atoms with E-state index in [1.54, 1.807) is 16.7 Å². The Morgan fingerprint density at radius 3 is 2.34 bits per heavy atom. The smallest absolute Gasteiger partial charge is 0.229 e. The van der Waals surface area contributed by atoms with Gasteiger partial charge >= 0.3 is 0 Å². The molecular weight excluding hydrogens is 416 g/mol. The van der Waals surface area contributed by atoms with Crippen LogP contribution in [0, 0.1) is 26.7 Å². The molecule has 32 heavy (non-hydrogen) atoms. The number of carbonyl (C=O) groups excluding carboxylic acids is 2. The zero-order chi connectivity index (χ0) is 22.7. The van der Waals surface area contributed by atoms with Crippen LogP contribution in [0.25, 0.3) is 0 Å². The van der Waals surface area contributed by atoms with Crippen molar-refractivity contribution in [1.29, 1.82) is 0 Å². The first-order valence-electron chi connectivity index (χ1n) is 10.9. The Bertz CT molecular complexity index is 1120. The molecule has 1 N–H and O–H groups in total. The molecule has 0 radical (unpaired) electrons. The molecule has 3 aromatic carbocycles. The second kappa shape index (κ2) is 9.61. The fourth-order valence-corrected chi connectivity index (χ4v) is 4.79. The van der Waals surface area contributed by atoms with Crippen LogP contribution in [-0.2, 0) is 16.1 Å². The van der Waals surface area contributed by atoms with Gasteiger partial charge in [-0.05, 0) is 62.2 Å². The van der Waals surface area contributed by atoms with Gasteiger partial charge in [0.25, 0.3) is 0 Å². The molecule has 1 heterocycles. The largest absolute Gasteiger partial charge is 0.338 e. The van der Waals surface area contributed by atoms with Gasteiger partial charge in [0.15, 0.2) is 0 Å². The van der Waals surface area contributed by atoms with Crippen LogP contribution in [0.15, 0.2) is 76.5 Å². The van der Waals surface area contributed by atoms with Crippen molar-refractivity contribution in [3.05, 3.63) is 89.0 Å². The van der Waals surface area contributed by atoms with E-state index in [2.05, 4.69) is 37.4 Å². The lowest BCUT2D eigenvalue weighted by molar-refractivity contribution is -0.128. The van der Waals surface area contributed by atoms with Crippen molar-refractivity contribution in [1.82, 2.24) is 4.90 Å². The van der Waals surface area contributed by atoms with Gasteiger partial charge in [-0.25, -0.2) is 0 Å². The molecule has 4 nitrogen and oxygen atoms in total. The van der Waals surface area contributed by atoms with Crippen molar-refractivity contribution in [3.8, 4) is 0 Å². The molecule has 0 saturated carbocycles. The predicted octanol–water partition coefficient (Wildman–Crippen LogP) is 5.75. The number of carbonyl (C=O) groups is 2. The fraction of sp³-hybridized carbons (Fsp3) is 0.259. The summed E-state index contributed by atoms with van der Waals surface area (Å²) in [6.45, 7) is 7.26. The van der Waals surface area contributed by atoms with Gasteiger partial charge in [-0.3, -0.25) is 9.59 Å². The first-order valence-corrected chi connectivity index (χ1v) is 11.7. The minimum absolute atomic E-state index is 0.0333. The second-order valence-corrected chi connectivity index (χ2v) is 9.66. The average molecular weight is 445 g/mol. The van der Waals surface area contributed by atoms with Crippen LogP contribution in [0.5, 0.6) is 0 Å². The van der Waals surface area contributed by atoms with E-state index in [0.29, 0.717) is 13.1 Å². The molecule has 4 rings (SSSR count). The van der Waals surface area contributed by atoms with Crippen molar-refractivity contribution in [2.75, 3.05) is 11.9 Å². The SMILES string of the molecule is Cc1ccc(CN2C[C@H](C(=O)Nc3ccc(Sc4ccc(C)cc4C)cc3)CC2=O)cc1. The summed E-state index contributed by atoms with van der Waals surface area (Å²) in [6.07, 6.45) is 0.262. The first-order chi connectivity index (χ1) is 15.4. The van der Waals surface area contributed by atoms with Crippen molar-refractivity contribution >= 4 is 29.3 Å². The molecule has 1 fully saturated rings. The number of aryl methyl sites for hydroxylation is 3. The van der Waals surface area contributed by atoms with Gasteiger partial charge in [-0.1, -0.05) is 59.3 Å². The van der Waals surface area contributed by atoms with Crippen LogP contribution < -0.4 is 5.32 Å². The van der Waals surface area contributed by atoms with Crippen LogP contribution in [-0.4, -0.2) is 23.3 Å². The van der Waals surface area contributed by atoms with Crippen molar-refractivity contribution < 1.29 is 9.59 Å². The van der Waals surface area contributed by atoms with E-state index in [4.69, 9.17) is 0 Å². The fourth-order valence-electron chi connectivity index (χ4n) is 3.91. The predicted molar refractivity (Wildman–Crippen MR) is 130 cm³/mol. The molecule has 0 unspecified atom stereocenters. The maximum Gasteiger partial charge on any atom is 0.229 e. The summed E-state index contributed by atoms with van der Waals surface area (Å²) < 4.78 is 0. The molecular formula is C27H28N2O2S. The highest BCUT2D eigenvalue weighted by molar-refractivity contribution is 7.99. The molecule has 164 valence electrons. The minimum Gasteiger partial charge on any atom is -0.338 e. The highest BCUT2D eigenvalue weighted by atomic mass is 32.2. The summed E-state index contributed by atoms with van der Waals surface area (Å²) in [7, 11) is 0. The summed E-state index contributed by atoms with van der Waals surface area (Å²) in [6, 6.07) is 22.5.